The third-order valence-electron chi connectivity index (χ3n) is 6.38. The van der Waals surface area contributed by atoms with Gasteiger partial charge in [-0.15, -0.1) is 5.10 Å². The fourth-order valence-electron chi connectivity index (χ4n) is 4.35. The van der Waals surface area contributed by atoms with Gasteiger partial charge in [0.15, 0.2) is 11.0 Å². The Hall–Kier alpha value is -4.52. The van der Waals surface area contributed by atoms with Crippen molar-refractivity contribution in [2.45, 2.75) is 32.9 Å². The predicted octanol–water partition coefficient (Wildman–Crippen LogP) is 7.02. The topological polar surface area (TPSA) is 92.5 Å². The van der Waals surface area contributed by atoms with E-state index in [4.69, 9.17) is 0 Å². The lowest BCUT2D eigenvalue weighted by Gasteiger charge is -2.20. The summed E-state index contributed by atoms with van der Waals surface area (Å²) in [6.07, 6.45) is -1.54. The molecule has 4 aromatic rings. The third kappa shape index (κ3) is 6.20. The summed E-state index contributed by atoms with van der Waals surface area (Å²) in [4.78, 5) is 35.1. The van der Waals surface area contributed by atoms with Gasteiger partial charge in [0.1, 0.15) is 12.1 Å². The average Bonchev–Trinajstić information content (AvgIpc) is 3.58. The Morgan fingerprint density at radius 3 is 2.55 bits per heavy atom. The number of amidine groups is 1. The van der Waals surface area contributed by atoms with Crippen molar-refractivity contribution in [1.82, 2.24) is 14.8 Å². The summed E-state index contributed by atoms with van der Waals surface area (Å²) in [6, 6.07) is 13.3. The van der Waals surface area contributed by atoms with E-state index >= 15 is 0 Å². The molecule has 1 N–H and O–H groups in total. The van der Waals surface area contributed by atoms with Crippen LogP contribution < -0.4 is 10.2 Å². The lowest BCUT2D eigenvalue weighted by molar-refractivity contribution is -0.137. The maximum absolute atomic E-state index is 15.0. The summed E-state index contributed by atoms with van der Waals surface area (Å²) in [5.41, 5.74) is 2.29. The van der Waals surface area contributed by atoms with E-state index in [1.807, 2.05) is 32.0 Å². The third-order valence-corrected chi connectivity index (χ3v) is 7.31. The SMILES string of the molecule is CCCc1ccc(C)cc1N1C(=O)CS/C1=N\C(=O)Nc1ccc(-c2ncn(-c3ccc(C(F)(F)F)cc3)n2)cc1F. The normalized spacial score (nSPS) is 14.6. The number of aryl methyl sites for hydroxylation is 2. The number of nitrogens with zero attached hydrogens (tertiary/aromatic N) is 5. The number of urea groups is 1. The van der Waals surface area contributed by atoms with Crippen LogP contribution in [-0.4, -0.2) is 37.6 Å². The van der Waals surface area contributed by atoms with Gasteiger partial charge in [-0.1, -0.05) is 37.2 Å². The van der Waals surface area contributed by atoms with Crippen LogP contribution in [0.1, 0.15) is 30.0 Å². The molecule has 0 aliphatic carbocycles. The van der Waals surface area contributed by atoms with Gasteiger partial charge in [0.2, 0.25) is 5.91 Å². The van der Waals surface area contributed by atoms with Crippen molar-refractivity contribution in [2.75, 3.05) is 16.0 Å². The van der Waals surface area contributed by atoms with Crippen LogP contribution in [0, 0.1) is 12.7 Å². The predicted molar refractivity (Wildman–Crippen MR) is 153 cm³/mol. The fraction of sp³-hybridized carbons (Fsp3) is 0.207. The molecule has 8 nitrogen and oxygen atoms in total. The van der Waals surface area contributed by atoms with E-state index in [1.165, 1.54) is 40.2 Å². The molecule has 0 atom stereocenters. The average molecular weight is 597 g/mol. The number of nitrogens with one attached hydrogen (secondary N) is 1. The smallest absolute Gasteiger partial charge is 0.303 e. The molecular weight excluding hydrogens is 572 g/mol. The Kier molecular flexibility index (Phi) is 8.12. The number of anilines is 2. The van der Waals surface area contributed by atoms with Crippen LogP contribution >= 0.6 is 11.8 Å². The molecule has 216 valence electrons. The molecule has 0 unspecified atom stereocenters. The molecule has 1 aliphatic rings. The van der Waals surface area contributed by atoms with E-state index in [9.17, 15) is 27.2 Å². The largest absolute Gasteiger partial charge is 0.416 e. The molecule has 3 aromatic carbocycles. The van der Waals surface area contributed by atoms with Crippen LogP contribution in [0.15, 0.2) is 72.0 Å². The Labute approximate surface area is 242 Å². The van der Waals surface area contributed by atoms with Crippen LogP contribution in [0.2, 0.25) is 0 Å². The van der Waals surface area contributed by atoms with E-state index in [0.29, 0.717) is 11.4 Å². The van der Waals surface area contributed by atoms with Gasteiger partial charge < -0.3 is 5.32 Å². The number of alkyl halides is 3. The van der Waals surface area contributed by atoms with Gasteiger partial charge in [-0.25, -0.2) is 18.9 Å². The van der Waals surface area contributed by atoms with Gasteiger partial charge >= 0.3 is 12.2 Å². The number of hydrogen-bond acceptors (Lipinski definition) is 5. The molecule has 2 heterocycles. The number of amides is 3. The molecule has 1 fully saturated rings. The molecule has 1 aromatic heterocycles. The maximum Gasteiger partial charge on any atom is 0.416 e. The van der Waals surface area contributed by atoms with Crippen molar-refractivity contribution in [3.63, 3.8) is 0 Å². The number of carbonyl (C=O) groups excluding carboxylic acids is 2. The highest BCUT2D eigenvalue weighted by molar-refractivity contribution is 8.15. The molecular formula is C29H24F4N6O2S. The highest BCUT2D eigenvalue weighted by atomic mass is 32.2. The molecule has 1 saturated heterocycles. The molecule has 0 bridgehead atoms. The Bertz CT molecular complexity index is 1680. The quantitative estimate of drug-likeness (QED) is 0.242. The van der Waals surface area contributed by atoms with Gasteiger partial charge in [0, 0.05) is 5.56 Å². The second-order valence-corrected chi connectivity index (χ2v) is 10.4. The number of thioether (sulfide) groups is 1. The van der Waals surface area contributed by atoms with Crippen molar-refractivity contribution in [2.24, 2.45) is 4.99 Å². The van der Waals surface area contributed by atoms with Crippen LogP contribution in [0.4, 0.5) is 33.7 Å². The summed E-state index contributed by atoms with van der Waals surface area (Å²) in [7, 11) is 0. The standard InChI is InChI=1S/C29H24F4N6O2S/c1-3-4-18-6-5-17(2)13-24(18)39-25(40)15-42-28(39)36-27(41)35-23-12-7-19(14-22(23)30)26-34-16-38(37-26)21-10-8-20(9-11-21)29(31,32)33/h5-14,16H,3-4,15H2,1-2H3,(H,35,41)/b36-28-. The fourth-order valence-corrected chi connectivity index (χ4v) is 5.21. The minimum Gasteiger partial charge on any atom is -0.303 e. The van der Waals surface area contributed by atoms with E-state index in [2.05, 4.69) is 20.4 Å². The van der Waals surface area contributed by atoms with Gasteiger partial charge in [-0.3, -0.25) is 9.69 Å². The van der Waals surface area contributed by atoms with Crippen molar-refractivity contribution >= 4 is 40.2 Å². The summed E-state index contributed by atoms with van der Waals surface area (Å²) >= 11 is 1.13. The lowest BCUT2D eigenvalue weighted by Crippen LogP contribution is -2.31. The molecule has 0 saturated carbocycles. The summed E-state index contributed by atoms with van der Waals surface area (Å²) < 4.78 is 54.8. The minimum absolute atomic E-state index is 0.126. The zero-order valence-corrected chi connectivity index (χ0v) is 23.3. The van der Waals surface area contributed by atoms with Crippen molar-refractivity contribution in [3.05, 3.63) is 89.5 Å². The Balaban J connectivity index is 1.32. The molecule has 42 heavy (non-hydrogen) atoms. The van der Waals surface area contributed by atoms with Crippen LogP contribution in [0.25, 0.3) is 17.1 Å². The molecule has 0 spiro atoms. The molecule has 0 radical (unpaired) electrons. The van der Waals surface area contributed by atoms with Crippen molar-refractivity contribution < 1.29 is 27.2 Å². The molecule has 1 aliphatic heterocycles. The second-order valence-electron chi connectivity index (χ2n) is 9.48. The van der Waals surface area contributed by atoms with Crippen molar-refractivity contribution in [1.29, 1.82) is 0 Å². The first-order valence-corrected chi connectivity index (χ1v) is 13.9. The van der Waals surface area contributed by atoms with E-state index in [-0.39, 0.29) is 33.9 Å². The Morgan fingerprint density at radius 2 is 1.86 bits per heavy atom. The van der Waals surface area contributed by atoms with Gasteiger partial charge in [-0.2, -0.15) is 18.2 Å². The maximum atomic E-state index is 15.0. The monoisotopic (exact) mass is 596 g/mol. The number of halogens is 4. The number of benzene rings is 3. The van der Waals surface area contributed by atoms with Crippen LogP contribution in [-0.2, 0) is 17.4 Å². The highest BCUT2D eigenvalue weighted by Crippen LogP contribution is 2.32. The van der Waals surface area contributed by atoms with E-state index in [0.717, 1.165) is 53.9 Å². The molecule has 3 amide bonds. The molecule has 13 heteroatoms. The Morgan fingerprint density at radius 1 is 1.10 bits per heavy atom. The first kappa shape index (κ1) is 29.0. The second kappa shape index (κ2) is 11.8. The summed E-state index contributed by atoms with van der Waals surface area (Å²) in [5.74, 6) is -0.721. The van der Waals surface area contributed by atoms with Crippen molar-refractivity contribution in [3.8, 4) is 17.1 Å². The summed E-state index contributed by atoms with van der Waals surface area (Å²) in [6.45, 7) is 3.95. The minimum atomic E-state index is -4.46. The number of aromatic nitrogens is 3. The lowest BCUT2D eigenvalue weighted by atomic mass is 10.0. The summed E-state index contributed by atoms with van der Waals surface area (Å²) in [5, 5.41) is 6.84. The first-order valence-electron chi connectivity index (χ1n) is 12.9. The highest BCUT2D eigenvalue weighted by Gasteiger charge is 2.32. The number of rotatable bonds is 6. The van der Waals surface area contributed by atoms with E-state index in [1.54, 1.807) is 0 Å². The number of carbonyl (C=O) groups is 2. The van der Waals surface area contributed by atoms with Crippen LogP contribution in [0.3, 0.4) is 0 Å². The molecule has 5 rings (SSSR count). The van der Waals surface area contributed by atoms with Crippen LogP contribution in [0.5, 0.6) is 0 Å². The van der Waals surface area contributed by atoms with Gasteiger partial charge in [0.05, 0.1) is 28.4 Å². The zero-order chi connectivity index (χ0) is 30.0. The van der Waals surface area contributed by atoms with Gasteiger partial charge in [-0.05, 0) is 73.0 Å². The van der Waals surface area contributed by atoms with Gasteiger partial charge in [0.25, 0.3) is 0 Å². The zero-order valence-electron chi connectivity index (χ0n) is 22.4. The van der Waals surface area contributed by atoms with E-state index < -0.39 is 23.6 Å². The number of aliphatic imine (C=N–C) groups is 1. The first-order chi connectivity index (χ1) is 20.0. The number of hydrogen-bond donors (Lipinski definition) is 1.